The Hall–Kier alpha value is -2.37. The molecule has 1 N–H and O–H groups in total. The topological polar surface area (TPSA) is 56.3 Å². The van der Waals surface area contributed by atoms with E-state index in [4.69, 9.17) is 21.2 Å². The quantitative estimate of drug-likeness (QED) is 0.353. The molecule has 0 amide bonds. The van der Waals surface area contributed by atoms with Crippen LogP contribution in [-0.2, 0) is 11.3 Å². The molecule has 0 unspecified atom stereocenters. The molecule has 130 valence electrons. The van der Waals surface area contributed by atoms with Crippen LogP contribution in [0.1, 0.15) is 12.0 Å². The summed E-state index contributed by atoms with van der Waals surface area (Å²) in [5.74, 6) is 1.83. The van der Waals surface area contributed by atoms with Crippen LogP contribution in [0.3, 0.4) is 0 Å². The molecule has 6 heteroatoms. The number of nitrogens with one attached hydrogen (secondary N) is 1. The Balaban J connectivity index is 1.54. The summed E-state index contributed by atoms with van der Waals surface area (Å²) < 4.78 is 5.51. The molecule has 0 bridgehead atoms. The van der Waals surface area contributed by atoms with Gasteiger partial charge in [0.25, 0.3) is 0 Å². The minimum atomic E-state index is 0.450. The van der Waals surface area contributed by atoms with Gasteiger partial charge in [-0.05, 0) is 30.5 Å². The molecule has 0 aliphatic heterocycles. The number of aromatic nitrogens is 2. The van der Waals surface area contributed by atoms with Gasteiger partial charge in [0.05, 0.1) is 18.0 Å². The smallest absolute Gasteiger partial charge is 0.160 e. The highest BCUT2D eigenvalue weighted by Gasteiger charge is 2.05. The highest BCUT2D eigenvalue weighted by Crippen LogP contribution is 2.23. The van der Waals surface area contributed by atoms with E-state index in [1.165, 1.54) is 11.9 Å². The number of hydrogen-bond donors (Lipinski definition) is 1. The zero-order valence-electron chi connectivity index (χ0n) is 13.8. The van der Waals surface area contributed by atoms with Crippen LogP contribution in [0.15, 0.2) is 54.9 Å². The summed E-state index contributed by atoms with van der Waals surface area (Å²) in [5, 5.41) is 0.879. The van der Waals surface area contributed by atoms with Crippen molar-refractivity contribution in [3.05, 3.63) is 60.4 Å². The Morgan fingerprint density at radius 1 is 1.00 bits per heavy atom. The third-order valence-corrected chi connectivity index (χ3v) is 3.83. The molecule has 0 aliphatic carbocycles. The number of rotatable bonds is 9. The maximum absolute atomic E-state index is 5.64. The number of alkyl halides is 1. The second-order valence-electron chi connectivity index (χ2n) is 5.48. The Morgan fingerprint density at radius 3 is 2.72 bits per heavy atom. The van der Waals surface area contributed by atoms with Crippen molar-refractivity contribution in [2.24, 2.45) is 0 Å². The van der Waals surface area contributed by atoms with E-state index in [0.717, 1.165) is 29.5 Å². The molecule has 3 aromatic rings. The van der Waals surface area contributed by atoms with Crippen molar-refractivity contribution in [2.75, 3.05) is 24.6 Å². The highest BCUT2D eigenvalue weighted by atomic mass is 35.5. The van der Waals surface area contributed by atoms with Gasteiger partial charge < -0.3 is 4.74 Å². The van der Waals surface area contributed by atoms with Gasteiger partial charge >= 0.3 is 0 Å². The molecule has 1 aromatic heterocycles. The molecule has 2 aromatic carbocycles. The first-order valence-electron chi connectivity index (χ1n) is 8.22. The van der Waals surface area contributed by atoms with E-state index >= 15 is 0 Å². The van der Waals surface area contributed by atoms with Crippen LogP contribution in [-0.4, -0.2) is 29.1 Å². The first kappa shape index (κ1) is 17.5. The molecule has 0 atom stereocenters. The van der Waals surface area contributed by atoms with Crippen LogP contribution in [0.5, 0.6) is 5.75 Å². The number of hydrogen-bond acceptors (Lipinski definition) is 5. The van der Waals surface area contributed by atoms with Gasteiger partial charge in [-0.2, -0.15) is 0 Å². The van der Waals surface area contributed by atoms with E-state index in [1.54, 1.807) is 0 Å². The summed E-state index contributed by atoms with van der Waals surface area (Å²) in [4.78, 5) is 14.1. The van der Waals surface area contributed by atoms with Gasteiger partial charge in [-0.3, -0.25) is 4.84 Å². The number of benzene rings is 2. The number of anilines is 1. The zero-order chi connectivity index (χ0) is 17.3. The summed E-state index contributed by atoms with van der Waals surface area (Å²) in [6.45, 7) is 1.06. The average molecular weight is 358 g/mol. The van der Waals surface area contributed by atoms with Crippen LogP contribution < -0.4 is 10.2 Å². The summed E-state index contributed by atoms with van der Waals surface area (Å²) >= 11 is 5.64. The molecule has 0 saturated heterocycles. The molecule has 3 rings (SSSR count). The van der Waals surface area contributed by atoms with Crippen molar-refractivity contribution in [3.8, 4) is 5.75 Å². The third kappa shape index (κ3) is 5.05. The Kier molecular flexibility index (Phi) is 6.42. The van der Waals surface area contributed by atoms with E-state index in [-0.39, 0.29) is 0 Å². The van der Waals surface area contributed by atoms with E-state index in [9.17, 15) is 0 Å². The van der Waals surface area contributed by atoms with Gasteiger partial charge in [0.15, 0.2) is 5.82 Å². The molecule has 5 nitrogen and oxygen atoms in total. The lowest BCUT2D eigenvalue weighted by atomic mass is 10.1. The summed E-state index contributed by atoms with van der Waals surface area (Å²) in [6, 6.07) is 16.0. The maximum Gasteiger partial charge on any atom is 0.160 e. The first-order chi connectivity index (χ1) is 12.4. The van der Waals surface area contributed by atoms with Gasteiger partial charge in [0.1, 0.15) is 18.7 Å². The summed E-state index contributed by atoms with van der Waals surface area (Å²) in [6.07, 6.45) is 3.41. The summed E-state index contributed by atoms with van der Waals surface area (Å²) in [7, 11) is 0. The Labute approximate surface area is 151 Å². The van der Waals surface area contributed by atoms with Crippen molar-refractivity contribution < 1.29 is 9.57 Å². The molecule has 0 spiro atoms. The van der Waals surface area contributed by atoms with Crippen molar-refractivity contribution in [3.63, 3.8) is 0 Å². The van der Waals surface area contributed by atoms with Crippen LogP contribution in [0.2, 0.25) is 0 Å². The Bertz CT molecular complexity index is 799. The fraction of sp³-hybridized carbons (Fsp3) is 0.263. The molecule has 0 aliphatic rings. The average Bonchev–Trinajstić information content (AvgIpc) is 2.67. The number of halogens is 1. The predicted molar refractivity (Wildman–Crippen MR) is 100 cm³/mol. The number of ether oxygens (including phenoxy) is 1. The molecule has 1 heterocycles. The third-order valence-electron chi connectivity index (χ3n) is 3.68. The molecule has 0 radical (unpaired) electrons. The lowest BCUT2D eigenvalue weighted by Crippen LogP contribution is -2.06. The van der Waals surface area contributed by atoms with E-state index in [0.29, 0.717) is 24.9 Å². The van der Waals surface area contributed by atoms with Crippen LogP contribution in [0.25, 0.3) is 10.9 Å². The van der Waals surface area contributed by atoms with Crippen molar-refractivity contribution in [1.29, 1.82) is 0 Å². The van der Waals surface area contributed by atoms with Gasteiger partial charge in [0.2, 0.25) is 0 Å². The first-order valence-corrected chi connectivity index (χ1v) is 8.75. The van der Waals surface area contributed by atoms with Crippen molar-refractivity contribution in [2.45, 2.75) is 12.8 Å². The van der Waals surface area contributed by atoms with Gasteiger partial charge in [-0.25, -0.2) is 15.4 Å². The number of fused-ring (bicyclic) bond motifs is 1. The van der Waals surface area contributed by atoms with Crippen molar-refractivity contribution >= 4 is 28.3 Å². The molecule has 25 heavy (non-hydrogen) atoms. The second-order valence-corrected chi connectivity index (χ2v) is 5.86. The van der Waals surface area contributed by atoms with Gasteiger partial charge in [0, 0.05) is 11.5 Å². The Morgan fingerprint density at radius 2 is 1.88 bits per heavy atom. The standard InChI is InChI=1S/C19H20ClN3O2/c20-10-12-24-16-8-9-17-18(13-16)21-14-22-19(17)23-25-11-4-7-15-5-2-1-3-6-15/h1-3,5-6,8-9,13-14H,4,7,10-12H2,(H,21,22,23). The molecule has 0 fully saturated rings. The van der Waals surface area contributed by atoms with E-state index in [1.807, 2.05) is 36.4 Å². The fourth-order valence-corrected chi connectivity index (χ4v) is 2.55. The lowest BCUT2D eigenvalue weighted by molar-refractivity contribution is 0.189. The second kappa shape index (κ2) is 9.20. The SMILES string of the molecule is ClCCOc1ccc2c(NOCCCc3ccccc3)ncnc2c1. The lowest BCUT2D eigenvalue weighted by Gasteiger charge is -2.10. The van der Waals surface area contributed by atoms with E-state index in [2.05, 4.69) is 27.6 Å². The fourth-order valence-electron chi connectivity index (χ4n) is 2.48. The zero-order valence-corrected chi connectivity index (χ0v) is 14.6. The van der Waals surface area contributed by atoms with Gasteiger partial charge in [-0.1, -0.05) is 30.3 Å². The molecular weight excluding hydrogens is 338 g/mol. The van der Waals surface area contributed by atoms with Crippen LogP contribution in [0.4, 0.5) is 5.82 Å². The summed E-state index contributed by atoms with van der Waals surface area (Å²) in [5.41, 5.74) is 5.02. The molecular formula is C19H20ClN3O2. The molecule has 0 saturated carbocycles. The monoisotopic (exact) mass is 357 g/mol. The minimum Gasteiger partial charge on any atom is -0.492 e. The normalized spacial score (nSPS) is 10.8. The predicted octanol–water partition coefficient (Wildman–Crippen LogP) is 4.22. The largest absolute Gasteiger partial charge is 0.492 e. The number of nitrogens with zero attached hydrogens (tertiary/aromatic N) is 2. The van der Waals surface area contributed by atoms with Gasteiger partial charge in [-0.15, -0.1) is 11.6 Å². The minimum absolute atomic E-state index is 0.450. The van der Waals surface area contributed by atoms with Crippen LogP contribution in [0, 0.1) is 0 Å². The highest BCUT2D eigenvalue weighted by molar-refractivity contribution is 6.18. The van der Waals surface area contributed by atoms with E-state index < -0.39 is 0 Å². The van der Waals surface area contributed by atoms with Crippen molar-refractivity contribution in [1.82, 2.24) is 9.97 Å². The maximum atomic E-state index is 5.64. The number of aryl methyl sites for hydroxylation is 1. The van der Waals surface area contributed by atoms with Crippen LogP contribution >= 0.6 is 11.6 Å².